The number of rotatable bonds is 7. The maximum atomic E-state index is 11.0. The van der Waals surface area contributed by atoms with Crippen LogP contribution in [0.1, 0.15) is 12.8 Å². The molecule has 1 N–H and O–H groups in total. The van der Waals surface area contributed by atoms with Crippen molar-refractivity contribution in [1.82, 2.24) is 0 Å². The van der Waals surface area contributed by atoms with E-state index in [0.717, 1.165) is 30.2 Å². The largest absolute Gasteiger partial charge is 0.469 e. The number of anilines is 1. The third-order valence-electron chi connectivity index (χ3n) is 2.95. The number of methoxy groups -OCH3 is 1. The summed E-state index contributed by atoms with van der Waals surface area (Å²) in [6.45, 7) is 0.730. The van der Waals surface area contributed by atoms with Crippen LogP contribution in [0.25, 0.3) is 0 Å². The van der Waals surface area contributed by atoms with Crippen molar-refractivity contribution < 1.29 is 14.3 Å². The molecular formula is C17H19NO3. The first-order valence-electron chi connectivity index (χ1n) is 6.91. The number of esters is 1. The van der Waals surface area contributed by atoms with E-state index in [1.165, 1.54) is 7.11 Å². The Morgan fingerprint density at radius 1 is 1.00 bits per heavy atom. The molecule has 0 aliphatic heterocycles. The molecule has 0 unspecified atom stereocenters. The SMILES string of the molecule is COC(=O)CCCNc1ccc(Oc2ccccc2)cc1. The number of carbonyl (C=O) groups excluding carboxylic acids is 1. The van der Waals surface area contributed by atoms with Gasteiger partial charge < -0.3 is 14.8 Å². The Bertz CT molecular complexity index is 552. The first-order valence-corrected chi connectivity index (χ1v) is 6.91. The second-order valence-electron chi connectivity index (χ2n) is 4.55. The van der Waals surface area contributed by atoms with E-state index in [9.17, 15) is 4.79 Å². The number of nitrogens with one attached hydrogen (secondary N) is 1. The molecule has 21 heavy (non-hydrogen) atoms. The van der Waals surface area contributed by atoms with E-state index in [2.05, 4.69) is 10.1 Å². The van der Waals surface area contributed by atoms with Gasteiger partial charge in [0.2, 0.25) is 0 Å². The number of para-hydroxylation sites is 1. The van der Waals surface area contributed by atoms with Gasteiger partial charge in [0, 0.05) is 18.7 Å². The quantitative estimate of drug-likeness (QED) is 0.620. The highest BCUT2D eigenvalue weighted by molar-refractivity contribution is 5.69. The predicted octanol–water partition coefficient (Wildman–Crippen LogP) is 3.84. The number of benzene rings is 2. The number of hydrogen-bond acceptors (Lipinski definition) is 4. The van der Waals surface area contributed by atoms with Crippen LogP contribution in [0.2, 0.25) is 0 Å². The van der Waals surface area contributed by atoms with E-state index < -0.39 is 0 Å². The maximum absolute atomic E-state index is 11.0. The minimum atomic E-state index is -0.177. The van der Waals surface area contributed by atoms with Gasteiger partial charge >= 0.3 is 5.97 Å². The normalized spacial score (nSPS) is 9.95. The molecule has 2 rings (SSSR count). The summed E-state index contributed by atoms with van der Waals surface area (Å²) >= 11 is 0. The third kappa shape index (κ3) is 5.18. The summed E-state index contributed by atoms with van der Waals surface area (Å²) in [5, 5.41) is 3.25. The molecule has 110 valence electrons. The summed E-state index contributed by atoms with van der Waals surface area (Å²) in [6, 6.07) is 17.4. The fourth-order valence-electron chi connectivity index (χ4n) is 1.83. The lowest BCUT2D eigenvalue weighted by Crippen LogP contribution is -2.06. The molecule has 0 saturated heterocycles. The van der Waals surface area contributed by atoms with Crippen molar-refractivity contribution in [2.45, 2.75) is 12.8 Å². The van der Waals surface area contributed by atoms with Crippen LogP contribution in [0, 0.1) is 0 Å². The lowest BCUT2D eigenvalue weighted by Gasteiger charge is -2.08. The van der Waals surface area contributed by atoms with Gasteiger partial charge in [0.25, 0.3) is 0 Å². The van der Waals surface area contributed by atoms with E-state index >= 15 is 0 Å². The van der Waals surface area contributed by atoms with Crippen molar-refractivity contribution in [3.8, 4) is 11.5 Å². The standard InChI is InChI=1S/C17H19NO3/c1-20-17(19)8-5-13-18-14-9-11-16(12-10-14)21-15-6-3-2-4-7-15/h2-4,6-7,9-12,18H,5,8,13H2,1H3. The predicted molar refractivity (Wildman–Crippen MR) is 82.7 cm³/mol. The van der Waals surface area contributed by atoms with Gasteiger partial charge in [-0.1, -0.05) is 18.2 Å². The van der Waals surface area contributed by atoms with Gasteiger partial charge in [0.1, 0.15) is 11.5 Å². The molecule has 4 heteroatoms. The van der Waals surface area contributed by atoms with Crippen LogP contribution in [-0.4, -0.2) is 19.6 Å². The van der Waals surface area contributed by atoms with Crippen molar-refractivity contribution in [1.29, 1.82) is 0 Å². The number of ether oxygens (including phenoxy) is 2. The van der Waals surface area contributed by atoms with Crippen LogP contribution >= 0.6 is 0 Å². The fourth-order valence-corrected chi connectivity index (χ4v) is 1.83. The highest BCUT2D eigenvalue weighted by atomic mass is 16.5. The van der Waals surface area contributed by atoms with E-state index in [1.54, 1.807) is 0 Å². The minimum Gasteiger partial charge on any atom is -0.469 e. The van der Waals surface area contributed by atoms with E-state index in [4.69, 9.17) is 4.74 Å². The Morgan fingerprint density at radius 3 is 2.33 bits per heavy atom. The Hall–Kier alpha value is -2.49. The molecular weight excluding hydrogens is 266 g/mol. The molecule has 0 amide bonds. The molecule has 4 nitrogen and oxygen atoms in total. The summed E-state index contributed by atoms with van der Waals surface area (Å²) in [7, 11) is 1.40. The zero-order valence-corrected chi connectivity index (χ0v) is 12.0. The molecule has 0 heterocycles. The molecule has 0 spiro atoms. The van der Waals surface area contributed by atoms with Crippen molar-refractivity contribution in [3.05, 3.63) is 54.6 Å². The summed E-state index contributed by atoms with van der Waals surface area (Å²) < 4.78 is 10.3. The first kappa shape index (κ1) is 14.9. The van der Waals surface area contributed by atoms with Crippen molar-refractivity contribution in [2.75, 3.05) is 19.0 Å². The lowest BCUT2D eigenvalue weighted by molar-refractivity contribution is -0.140. The van der Waals surface area contributed by atoms with Gasteiger partial charge in [-0.2, -0.15) is 0 Å². The monoisotopic (exact) mass is 285 g/mol. The number of carbonyl (C=O) groups is 1. The van der Waals surface area contributed by atoms with Gasteiger partial charge in [-0.3, -0.25) is 4.79 Å². The van der Waals surface area contributed by atoms with Crippen LogP contribution < -0.4 is 10.1 Å². The van der Waals surface area contributed by atoms with Crippen molar-refractivity contribution >= 4 is 11.7 Å². The van der Waals surface area contributed by atoms with Gasteiger partial charge in [-0.15, -0.1) is 0 Å². The van der Waals surface area contributed by atoms with E-state index in [-0.39, 0.29) is 5.97 Å². The average Bonchev–Trinajstić information content (AvgIpc) is 2.54. The topological polar surface area (TPSA) is 47.6 Å². The average molecular weight is 285 g/mol. The summed E-state index contributed by atoms with van der Waals surface area (Å²) in [6.07, 6.45) is 1.17. The van der Waals surface area contributed by atoms with Crippen LogP contribution in [0.4, 0.5) is 5.69 Å². The fraction of sp³-hybridized carbons (Fsp3) is 0.235. The summed E-state index contributed by atoms with van der Waals surface area (Å²) in [5.74, 6) is 1.43. The van der Waals surface area contributed by atoms with Crippen LogP contribution in [0.5, 0.6) is 11.5 Å². The molecule has 0 bridgehead atoms. The van der Waals surface area contributed by atoms with Gasteiger partial charge in [-0.05, 0) is 42.8 Å². The lowest BCUT2D eigenvalue weighted by atomic mass is 10.2. The second-order valence-corrected chi connectivity index (χ2v) is 4.55. The highest BCUT2D eigenvalue weighted by Crippen LogP contribution is 2.22. The second kappa shape index (κ2) is 7.94. The van der Waals surface area contributed by atoms with Gasteiger partial charge in [0.05, 0.1) is 7.11 Å². The first-order chi connectivity index (χ1) is 10.3. The molecule has 0 fully saturated rings. The Morgan fingerprint density at radius 2 is 1.67 bits per heavy atom. The summed E-state index contributed by atoms with van der Waals surface area (Å²) in [5.41, 5.74) is 1.00. The molecule has 0 radical (unpaired) electrons. The van der Waals surface area contributed by atoms with Gasteiger partial charge in [-0.25, -0.2) is 0 Å². The molecule has 0 atom stereocenters. The Labute approximate surface area is 124 Å². The van der Waals surface area contributed by atoms with Crippen LogP contribution in [0.15, 0.2) is 54.6 Å². The zero-order valence-electron chi connectivity index (χ0n) is 12.0. The van der Waals surface area contributed by atoms with Crippen LogP contribution in [0.3, 0.4) is 0 Å². The van der Waals surface area contributed by atoms with E-state index in [1.807, 2.05) is 54.6 Å². The molecule has 0 aromatic heterocycles. The zero-order chi connectivity index (χ0) is 14.9. The highest BCUT2D eigenvalue weighted by Gasteiger charge is 2.00. The Balaban J connectivity index is 1.78. The Kier molecular flexibility index (Phi) is 5.64. The third-order valence-corrected chi connectivity index (χ3v) is 2.95. The molecule has 0 aliphatic rings. The number of hydrogen-bond donors (Lipinski definition) is 1. The minimum absolute atomic E-state index is 0.177. The van der Waals surface area contributed by atoms with Crippen molar-refractivity contribution in [3.63, 3.8) is 0 Å². The molecule has 0 aliphatic carbocycles. The smallest absolute Gasteiger partial charge is 0.305 e. The molecule has 0 saturated carbocycles. The van der Waals surface area contributed by atoms with Crippen LogP contribution in [-0.2, 0) is 9.53 Å². The summed E-state index contributed by atoms with van der Waals surface area (Å²) in [4.78, 5) is 11.0. The van der Waals surface area contributed by atoms with E-state index in [0.29, 0.717) is 6.42 Å². The molecule has 2 aromatic rings. The van der Waals surface area contributed by atoms with Gasteiger partial charge in [0.15, 0.2) is 0 Å². The molecule has 2 aromatic carbocycles. The maximum Gasteiger partial charge on any atom is 0.305 e. The van der Waals surface area contributed by atoms with Crippen molar-refractivity contribution in [2.24, 2.45) is 0 Å².